The Morgan fingerprint density at radius 1 is 1.19 bits per heavy atom. The Morgan fingerprint density at radius 2 is 1.89 bits per heavy atom. The van der Waals surface area contributed by atoms with Gasteiger partial charge in [-0.15, -0.1) is 0 Å². The van der Waals surface area contributed by atoms with Gasteiger partial charge in [0.1, 0.15) is 21.9 Å². The lowest BCUT2D eigenvalue weighted by atomic mass is 10.1. The first kappa shape index (κ1) is 18.8. The van der Waals surface area contributed by atoms with Gasteiger partial charge in [0.15, 0.2) is 5.13 Å². The summed E-state index contributed by atoms with van der Waals surface area (Å²) >= 11 is 6.93. The van der Waals surface area contributed by atoms with Crippen molar-refractivity contribution in [3.05, 3.63) is 64.3 Å². The molecule has 0 bridgehead atoms. The number of hydrogen-bond acceptors (Lipinski definition) is 7. The van der Waals surface area contributed by atoms with E-state index in [9.17, 15) is 9.59 Å². The molecule has 3 aromatic rings. The molecule has 0 aliphatic carbocycles. The van der Waals surface area contributed by atoms with Gasteiger partial charge in [0.2, 0.25) is 11.7 Å². The molecular weight excluding hydrogens is 386 g/mol. The van der Waals surface area contributed by atoms with Crippen LogP contribution in [0.4, 0.5) is 16.6 Å². The van der Waals surface area contributed by atoms with Crippen molar-refractivity contribution in [2.24, 2.45) is 5.73 Å². The van der Waals surface area contributed by atoms with Gasteiger partial charge in [-0.05, 0) is 19.1 Å². The Hall–Kier alpha value is -2.97. The molecule has 138 valence electrons. The highest BCUT2D eigenvalue weighted by Crippen LogP contribution is 2.35. The molecule has 1 atom stereocenters. The van der Waals surface area contributed by atoms with E-state index in [4.69, 9.17) is 23.1 Å². The maximum Gasteiger partial charge on any atom is 0.240 e. The molecule has 0 saturated carbocycles. The van der Waals surface area contributed by atoms with Crippen LogP contribution in [0.25, 0.3) is 0 Å². The minimum absolute atomic E-state index is 0.0902. The van der Waals surface area contributed by atoms with Gasteiger partial charge in [0.05, 0.1) is 11.9 Å². The Labute approximate surface area is 164 Å². The van der Waals surface area contributed by atoms with E-state index in [1.54, 1.807) is 48.2 Å². The maximum absolute atomic E-state index is 12.7. The highest BCUT2D eigenvalue weighted by Gasteiger charge is 2.27. The van der Waals surface area contributed by atoms with Crippen LogP contribution in [0.5, 0.6) is 0 Å². The van der Waals surface area contributed by atoms with E-state index in [2.05, 4.69) is 9.97 Å². The monoisotopic (exact) mass is 401 g/mol. The third-order valence-electron chi connectivity index (χ3n) is 3.88. The van der Waals surface area contributed by atoms with E-state index < -0.39 is 11.9 Å². The number of nitrogens with zero attached hydrogens (tertiary/aromatic N) is 3. The van der Waals surface area contributed by atoms with Crippen LogP contribution in [0.2, 0.25) is 5.15 Å². The van der Waals surface area contributed by atoms with Gasteiger partial charge >= 0.3 is 0 Å². The molecule has 4 N–H and O–H groups in total. The largest absolute Gasteiger partial charge is 0.382 e. The number of carbonyl (C=O) groups is 2. The van der Waals surface area contributed by atoms with Crippen LogP contribution in [-0.4, -0.2) is 27.7 Å². The van der Waals surface area contributed by atoms with Crippen molar-refractivity contribution in [2.75, 3.05) is 10.6 Å². The summed E-state index contributed by atoms with van der Waals surface area (Å²) in [6.45, 7) is 1.63. The third kappa shape index (κ3) is 3.91. The highest BCUT2D eigenvalue weighted by molar-refractivity contribution is 7.18. The zero-order valence-corrected chi connectivity index (χ0v) is 15.9. The van der Waals surface area contributed by atoms with E-state index >= 15 is 0 Å². The summed E-state index contributed by atoms with van der Waals surface area (Å²) in [5, 5.41) is 0.672. The number of nitrogens with two attached hydrogens (primary N) is 2. The first-order chi connectivity index (χ1) is 12.9. The number of carbonyl (C=O) groups excluding carboxylic acids is 2. The molecule has 0 saturated heterocycles. The van der Waals surface area contributed by atoms with Crippen LogP contribution in [0, 0.1) is 0 Å². The number of anilines is 3. The fourth-order valence-corrected chi connectivity index (χ4v) is 3.60. The fourth-order valence-electron chi connectivity index (χ4n) is 2.44. The maximum atomic E-state index is 12.7. The number of aromatic nitrogens is 2. The van der Waals surface area contributed by atoms with E-state index in [1.807, 2.05) is 6.07 Å². The molecule has 9 heteroatoms. The van der Waals surface area contributed by atoms with Crippen molar-refractivity contribution < 1.29 is 9.59 Å². The van der Waals surface area contributed by atoms with Crippen molar-refractivity contribution in [3.8, 4) is 0 Å². The van der Waals surface area contributed by atoms with Crippen LogP contribution in [0.1, 0.15) is 22.2 Å². The number of benzene rings is 1. The van der Waals surface area contributed by atoms with Gasteiger partial charge in [0, 0.05) is 5.56 Å². The summed E-state index contributed by atoms with van der Waals surface area (Å²) < 4.78 is 0. The van der Waals surface area contributed by atoms with Gasteiger partial charge in [-0.25, -0.2) is 9.97 Å². The molecular formula is C18H16ClN5O2S. The smallest absolute Gasteiger partial charge is 0.240 e. The second kappa shape index (κ2) is 7.73. The molecule has 0 radical (unpaired) electrons. The van der Waals surface area contributed by atoms with Crippen LogP contribution >= 0.6 is 22.9 Å². The number of halogens is 1. The van der Waals surface area contributed by atoms with Crippen LogP contribution in [0.15, 0.2) is 48.7 Å². The second-order valence-electron chi connectivity index (χ2n) is 5.69. The predicted octanol–water partition coefficient (Wildman–Crippen LogP) is 3.02. The number of thiazole rings is 1. The molecule has 1 aromatic carbocycles. The Morgan fingerprint density at radius 3 is 2.48 bits per heavy atom. The summed E-state index contributed by atoms with van der Waals surface area (Å²) in [6, 6.07) is 11.3. The number of pyridine rings is 1. The van der Waals surface area contributed by atoms with Crippen LogP contribution in [-0.2, 0) is 4.79 Å². The van der Waals surface area contributed by atoms with E-state index in [0.717, 1.165) is 11.3 Å². The van der Waals surface area contributed by atoms with E-state index in [0.29, 0.717) is 26.4 Å². The molecule has 0 aliphatic rings. The summed E-state index contributed by atoms with van der Waals surface area (Å²) in [5.41, 5.74) is 12.5. The standard InChI is InChI=1S/C18H16ClN5O2S/c1-10(17(21)26)24(12-7-8-13(19)22-9-12)18-23-16(20)15(27-18)14(25)11-5-3-2-4-6-11/h2-10H,20H2,1H3,(H2,21,26)/t10-/m1/s1. The lowest BCUT2D eigenvalue weighted by Crippen LogP contribution is -2.40. The number of nitrogen functional groups attached to an aromatic ring is 1. The third-order valence-corrected chi connectivity index (χ3v) is 5.17. The van der Waals surface area contributed by atoms with Gasteiger partial charge in [-0.3, -0.25) is 9.59 Å². The Kier molecular flexibility index (Phi) is 5.38. The lowest BCUT2D eigenvalue weighted by Gasteiger charge is -2.26. The van der Waals surface area contributed by atoms with Crippen molar-refractivity contribution in [3.63, 3.8) is 0 Å². The van der Waals surface area contributed by atoms with Crippen LogP contribution < -0.4 is 16.4 Å². The van der Waals surface area contributed by atoms with Gasteiger partial charge in [0.25, 0.3) is 0 Å². The first-order valence-corrected chi connectivity index (χ1v) is 9.14. The highest BCUT2D eigenvalue weighted by atomic mass is 35.5. The molecule has 1 amide bonds. The van der Waals surface area contributed by atoms with Crippen LogP contribution in [0.3, 0.4) is 0 Å². The molecule has 7 nitrogen and oxygen atoms in total. The second-order valence-corrected chi connectivity index (χ2v) is 7.06. The predicted molar refractivity (Wildman–Crippen MR) is 106 cm³/mol. The minimum Gasteiger partial charge on any atom is -0.382 e. The average Bonchev–Trinajstić information content (AvgIpc) is 3.04. The molecule has 2 heterocycles. The van der Waals surface area contributed by atoms with Crippen molar-refractivity contribution in [1.82, 2.24) is 9.97 Å². The molecule has 3 rings (SSSR count). The van der Waals surface area contributed by atoms with Gasteiger partial charge in [-0.1, -0.05) is 53.3 Å². The number of hydrogen-bond donors (Lipinski definition) is 2. The van der Waals surface area contributed by atoms with E-state index in [-0.39, 0.29) is 11.6 Å². The Balaban J connectivity index is 2.04. The topological polar surface area (TPSA) is 115 Å². The molecule has 0 unspecified atom stereocenters. The number of rotatable bonds is 6. The average molecular weight is 402 g/mol. The number of ketones is 1. The van der Waals surface area contributed by atoms with Crippen molar-refractivity contribution in [2.45, 2.75) is 13.0 Å². The van der Waals surface area contributed by atoms with Gasteiger partial charge < -0.3 is 16.4 Å². The molecule has 2 aromatic heterocycles. The molecule has 0 spiro atoms. The zero-order chi connectivity index (χ0) is 19.6. The Bertz CT molecular complexity index is 975. The summed E-state index contributed by atoms with van der Waals surface area (Å²) in [7, 11) is 0. The van der Waals surface area contributed by atoms with Gasteiger partial charge in [-0.2, -0.15) is 0 Å². The zero-order valence-electron chi connectivity index (χ0n) is 14.3. The fraction of sp³-hybridized carbons (Fsp3) is 0.111. The SMILES string of the molecule is C[C@H](C(N)=O)N(c1ccc(Cl)nc1)c1nc(N)c(C(=O)c2ccccc2)s1. The normalized spacial score (nSPS) is 11.8. The molecule has 0 fully saturated rings. The number of primary amides is 1. The lowest BCUT2D eigenvalue weighted by molar-refractivity contribution is -0.118. The minimum atomic E-state index is -0.738. The summed E-state index contributed by atoms with van der Waals surface area (Å²) in [5.74, 6) is -0.708. The quantitative estimate of drug-likeness (QED) is 0.484. The molecule has 27 heavy (non-hydrogen) atoms. The summed E-state index contributed by atoms with van der Waals surface area (Å²) in [6.07, 6.45) is 1.50. The van der Waals surface area contributed by atoms with Crippen molar-refractivity contribution >= 4 is 51.3 Å². The number of amides is 1. The van der Waals surface area contributed by atoms with Crippen molar-refractivity contribution in [1.29, 1.82) is 0 Å². The first-order valence-electron chi connectivity index (χ1n) is 7.94. The molecule has 0 aliphatic heterocycles. The summed E-state index contributed by atoms with van der Waals surface area (Å²) in [4.78, 5) is 34.7. The van der Waals surface area contributed by atoms with E-state index in [1.165, 1.54) is 6.20 Å².